The number of rotatable bonds is 4. The maximum absolute atomic E-state index is 12.6. The zero-order valence-corrected chi connectivity index (χ0v) is 14.0. The third-order valence-corrected chi connectivity index (χ3v) is 5.53. The Morgan fingerprint density at radius 2 is 1.83 bits per heavy atom. The van der Waals surface area contributed by atoms with Gasteiger partial charge in [0.15, 0.2) is 0 Å². The first kappa shape index (κ1) is 16.5. The first-order valence-electron chi connectivity index (χ1n) is 7.16. The van der Waals surface area contributed by atoms with Crippen LogP contribution in [-0.2, 0) is 14.8 Å². The van der Waals surface area contributed by atoms with E-state index in [1.54, 1.807) is 48.5 Å². The van der Waals surface area contributed by atoms with Gasteiger partial charge in [-0.15, -0.1) is 0 Å². The van der Waals surface area contributed by atoms with Crippen molar-refractivity contribution in [2.75, 3.05) is 10.8 Å². The van der Waals surface area contributed by atoms with Crippen LogP contribution in [0.4, 0.5) is 5.69 Å². The predicted molar refractivity (Wildman–Crippen MR) is 93.6 cm³/mol. The normalized spacial score (nSPS) is 17.2. The minimum atomic E-state index is -3.79. The van der Waals surface area contributed by atoms with Gasteiger partial charge in [-0.05, 0) is 35.4 Å². The van der Waals surface area contributed by atoms with Gasteiger partial charge in [-0.3, -0.25) is 9.10 Å². The SMILES string of the molecule is O=C(O)[C@H]1CN(S(=O)(=O)/C=C/c2ccc(Cl)cc2)c2ccccc21. The Balaban J connectivity index is 1.93. The third kappa shape index (κ3) is 3.16. The Hall–Kier alpha value is -2.31. The van der Waals surface area contributed by atoms with Gasteiger partial charge >= 0.3 is 5.97 Å². The second kappa shape index (κ2) is 6.30. The van der Waals surface area contributed by atoms with Gasteiger partial charge in [0.1, 0.15) is 5.92 Å². The topological polar surface area (TPSA) is 74.7 Å². The number of sulfonamides is 1. The molecule has 1 aliphatic rings. The Bertz CT molecular complexity index is 906. The highest BCUT2D eigenvalue weighted by atomic mass is 35.5. The second-order valence-corrected chi connectivity index (χ2v) is 7.56. The van der Waals surface area contributed by atoms with Crippen LogP contribution in [0.15, 0.2) is 53.9 Å². The molecule has 7 heteroatoms. The molecule has 24 heavy (non-hydrogen) atoms. The van der Waals surface area contributed by atoms with Crippen LogP contribution < -0.4 is 4.31 Å². The molecule has 1 aliphatic heterocycles. The largest absolute Gasteiger partial charge is 0.481 e. The fraction of sp³-hybridized carbons (Fsp3) is 0.118. The number of fused-ring (bicyclic) bond motifs is 1. The maximum Gasteiger partial charge on any atom is 0.312 e. The summed E-state index contributed by atoms with van der Waals surface area (Å²) in [4.78, 5) is 11.4. The summed E-state index contributed by atoms with van der Waals surface area (Å²) in [6.07, 6.45) is 1.46. The van der Waals surface area contributed by atoms with Gasteiger partial charge in [0, 0.05) is 5.02 Å². The number of anilines is 1. The Morgan fingerprint density at radius 1 is 1.17 bits per heavy atom. The van der Waals surface area contributed by atoms with Crippen molar-refractivity contribution >= 4 is 39.4 Å². The van der Waals surface area contributed by atoms with Crippen molar-refractivity contribution in [1.29, 1.82) is 0 Å². The molecule has 0 amide bonds. The zero-order chi connectivity index (χ0) is 17.3. The van der Waals surface area contributed by atoms with E-state index < -0.39 is 21.9 Å². The molecule has 0 aromatic heterocycles. The van der Waals surface area contributed by atoms with Crippen LogP contribution >= 0.6 is 11.6 Å². The predicted octanol–water partition coefficient (Wildman–Crippen LogP) is 3.33. The van der Waals surface area contributed by atoms with Crippen LogP contribution in [0.2, 0.25) is 5.02 Å². The summed E-state index contributed by atoms with van der Waals surface area (Å²) in [5.41, 5.74) is 1.60. The van der Waals surface area contributed by atoms with Crippen molar-refractivity contribution in [3.63, 3.8) is 0 Å². The molecule has 0 saturated heterocycles. The molecular weight excluding hydrogens is 350 g/mol. The van der Waals surface area contributed by atoms with Gasteiger partial charge in [0.25, 0.3) is 10.0 Å². The first-order chi connectivity index (χ1) is 11.4. The van der Waals surface area contributed by atoms with E-state index in [2.05, 4.69) is 0 Å². The number of aliphatic carboxylic acids is 1. The van der Waals surface area contributed by atoms with Gasteiger partial charge in [-0.2, -0.15) is 0 Å². The smallest absolute Gasteiger partial charge is 0.312 e. The summed E-state index contributed by atoms with van der Waals surface area (Å²) in [5, 5.41) is 11.0. The highest BCUT2D eigenvalue weighted by molar-refractivity contribution is 7.95. The molecule has 5 nitrogen and oxygen atoms in total. The van der Waals surface area contributed by atoms with E-state index in [0.717, 1.165) is 9.71 Å². The van der Waals surface area contributed by atoms with Gasteiger partial charge in [0.2, 0.25) is 0 Å². The summed E-state index contributed by atoms with van der Waals surface area (Å²) in [6.45, 7) is -0.109. The van der Waals surface area contributed by atoms with E-state index in [-0.39, 0.29) is 6.54 Å². The van der Waals surface area contributed by atoms with Gasteiger partial charge in [-0.1, -0.05) is 41.9 Å². The van der Waals surface area contributed by atoms with E-state index in [0.29, 0.717) is 21.8 Å². The first-order valence-corrected chi connectivity index (χ1v) is 9.05. The Kier molecular flexibility index (Phi) is 4.34. The van der Waals surface area contributed by atoms with Gasteiger partial charge in [0.05, 0.1) is 17.6 Å². The van der Waals surface area contributed by atoms with Crippen molar-refractivity contribution in [2.24, 2.45) is 0 Å². The molecule has 124 valence electrons. The quantitative estimate of drug-likeness (QED) is 0.904. The molecular formula is C17H14ClNO4S. The second-order valence-electron chi connectivity index (χ2n) is 5.38. The summed E-state index contributed by atoms with van der Waals surface area (Å²) in [5.74, 6) is -1.90. The van der Waals surface area contributed by atoms with E-state index in [1.807, 2.05) is 0 Å². The van der Waals surface area contributed by atoms with Crippen LogP contribution in [0.3, 0.4) is 0 Å². The lowest BCUT2D eigenvalue weighted by molar-refractivity contribution is -0.138. The van der Waals surface area contributed by atoms with Crippen molar-refractivity contribution in [1.82, 2.24) is 0 Å². The number of hydrogen-bond acceptors (Lipinski definition) is 3. The number of para-hydroxylation sites is 1. The molecule has 2 aromatic rings. The average molecular weight is 364 g/mol. The third-order valence-electron chi connectivity index (χ3n) is 3.84. The number of carbonyl (C=O) groups is 1. The minimum Gasteiger partial charge on any atom is -0.481 e. The van der Waals surface area contributed by atoms with Crippen LogP contribution in [0, 0.1) is 0 Å². The standard InChI is InChI=1S/C17H14ClNO4S/c18-13-7-5-12(6-8-13)9-10-24(22,23)19-11-15(17(20)21)14-3-1-2-4-16(14)19/h1-10,15H,11H2,(H,20,21)/b10-9+/t15-/m0/s1. The van der Waals surface area contributed by atoms with Crippen molar-refractivity contribution < 1.29 is 18.3 Å². The number of carboxylic acids is 1. The highest BCUT2D eigenvalue weighted by Gasteiger charge is 2.38. The lowest BCUT2D eigenvalue weighted by atomic mass is 10.0. The molecule has 1 heterocycles. The summed E-state index contributed by atoms with van der Waals surface area (Å²) < 4.78 is 26.4. The molecule has 0 fully saturated rings. The van der Waals surface area contributed by atoms with Crippen molar-refractivity contribution in [2.45, 2.75) is 5.92 Å². The molecule has 1 N–H and O–H groups in total. The summed E-state index contributed by atoms with van der Waals surface area (Å²) in [6, 6.07) is 13.4. The van der Waals surface area contributed by atoms with Gasteiger partial charge in [-0.25, -0.2) is 8.42 Å². The fourth-order valence-electron chi connectivity index (χ4n) is 2.64. The number of carboxylic acid groups (broad SMARTS) is 1. The number of hydrogen-bond donors (Lipinski definition) is 1. The molecule has 0 saturated carbocycles. The molecule has 1 atom stereocenters. The van der Waals surface area contributed by atoms with E-state index >= 15 is 0 Å². The van der Waals surface area contributed by atoms with Crippen molar-refractivity contribution in [3.8, 4) is 0 Å². The van der Waals surface area contributed by atoms with Crippen LogP contribution in [0.5, 0.6) is 0 Å². The number of nitrogens with zero attached hydrogens (tertiary/aromatic N) is 1. The van der Waals surface area contributed by atoms with Crippen LogP contribution in [0.25, 0.3) is 6.08 Å². The summed E-state index contributed by atoms with van der Waals surface area (Å²) in [7, 11) is -3.79. The molecule has 2 aromatic carbocycles. The molecule has 0 spiro atoms. The molecule has 0 radical (unpaired) electrons. The fourth-order valence-corrected chi connectivity index (χ4v) is 4.04. The number of benzene rings is 2. The van der Waals surface area contributed by atoms with Crippen LogP contribution in [0.1, 0.15) is 17.0 Å². The number of halogens is 1. The van der Waals surface area contributed by atoms with E-state index in [9.17, 15) is 18.3 Å². The molecule has 0 bridgehead atoms. The summed E-state index contributed by atoms with van der Waals surface area (Å²) >= 11 is 5.80. The van der Waals surface area contributed by atoms with E-state index in [1.165, 1.54) is 6.08 Å². The molecule has 0 aliphatic carbocycles. The monoisotopic (exact) mass is 363 g/mol. The Labute approximate surface area is 144 Å². The maximum atomic E-state index is 12.6. The highest BCUT2D eigenvalue weighted by Crippen LogP contribution is 2.38. The molecule has 3 rings (SSSR count). The lowest BCUT2D eigenvalue weighted by Gasteiger charge is -2.17. The zero-order valence-electron chi connectivity index (χ0n) is 12.5. The Morgan fingerprint density at radius 3 is 2.50 bits per heavy atom. The molecule has 0 unspecified atom stereocenters. The average Bonchev–Trinajstić information content (AvgIpc) is 2.95. The van der Waals surface area contributed by atoms with Gasteiger partial charge < -0.3 is 5.11 Å². The van der Waals surface area contributed by atoms with E-state index in [4.69, 9.17) is 11.6 Å². The van der Waals surface area contributed by atoms with Crippen LogP contribution in [-0.4, -0.2) is 26.0 Å². The minimum absolute atomic E-state index is 0.109. The lowest BCUT2D eigenvalue weighted by Crippen LogP contribution is -2.29. The van der Waals surface area contributed by atoms with Crippen molar-refractivity contribution in [3.05, 3.63) is 70.1 Å².